The van der Waals surface area contributed by atoms with E-state index in [0.29, 0.717) is 43.2 Å². The van der Waals surface area contributed by atoms with Gasteiger partial charge in [0.2, 0.25) is 5.95 Å². The molecular weight excluding hydrogens is 358 g/mol. The van der Waals surface area contributed by atoms with Crippen LogP contribution in [0.4, 0.5) is 5.95 Å². The Labute approximate surface area is 163 Å². The highest BCUT2D eigenvalue weighted by molar-refractivity contribution is 5.74. The summed E-state index contributed by atoms with van der Waals surface area (Å²) < 4.78 is 9.71. The molecule has 4 heterocycles. The summed E-state index contributed by atoms with van der Waals surface area (Å²) in [5.41, 5.74) is 2.28. The monoisotopic (exact) mass is 385 g/mol. The van der Waals surface area contributed by atoms with E-state index in [4.69, 9.17) is 9.72 Å². The van der Waals surface area contributed by atoms with Crippen molar-refractivity contribution in [3.05, 3.63) is 34.0 Å². The van der Waals surface area contributed by atoms with Crippen LogP contribution in [0.2, 0.25) is 0 Å². The number of fused-ring (bicyclic) bond motifs is 1. The summed E-state index contributed by atoms with van der Waals surface area (Å²) in [6.07, 6.45) is 1.56. The van der Waals surface area contributed by atoms with E-state index in [1.54, 1.807) is 10.9 Å². The van der Waals surface area contributed by atoms with Crippen molar-refractivity contribution in [2.45, 2.75) is 52.8 Å². The van der Waals surface area contributed by atoms with Crippen molar-refractivity contribution in [2.75, 3.05) is 24.6 Å². The zero-order valence-electron chi connectivity index (χ0n) is 17.1. The van der Waals surface area contributed by atoms with E-state index in [1.807, 2.05) is 39.3 Å². The number of nitrogens with zero attached hydrogens (tertiary/aromatic N) is 6. The maximum Gasteiger partial charge on any atom is 0.263 e. The number of morpholine rings is 1. The normalized spacial score (nSPS) is 18.2. The van der Waals surface area contributed by atoms with Gasteiger partial charge in [0.1, 0.15) is 5.39 Å². The van der Waals surface area contributed by atoms with Crippen LogP contribution in [0.3, 0.4) is 0 Å². The van der Waals surface area contributed by atoms with Crippen LogP contribution in [-0.4, -0.2) is 55.3 Å². The molecule has 1 N–H and O–H groups in total. The number of H-pyrrole nitrogens is 1. The first-order valence-corrected chi connectivity index (χ1v) is 9.58. The highest BCUT2D eigenvalue weighted by Gasteiger charge is 2.25. The third-order valence-electron chi connectivity index (χ3n) is 4.98. The topological polar surface area (TPSA) is 93.9 Å². The summed E-state index contributed by atoms with van der Waals surface area (Å²) in [4.78, 5) is 22.3. The predicted octanol–water partition coefficient (Wildman–Crippen LogP) is 1.59. The van der Waals surface area contributed by atoms with Gasteiger partial charge < -0.3 is 9.64 Å². The van der Waals surface area contributed by atoms with Crippen LogP contribution in [0.25, 0.3) is 11.0 Å². The average Bonchev–Trinajstić information content (AvgIpc) is 3.18. The average molecular weight is 385 g/mol. The zero-order chi connectivity index (χ0) is 20.1. The molecule has 0 amide bonds. The Morgan fingerprint density at radius 1 is 1.32 bits per heavy atom. The lowest BCUT2D eigenvalue weighted by atomic mass is 10.1. The standard InChI is InChI=1S/C19H27N7O2/c1-12-8-13(2)25(23-12)11-14-10-24(6-7-28-14)18-21-16-15(17(27)22-18)9-20-26(16)19(3,4)5/h8-9,14H,6-7,10-11H2,1-5H3,(H,21,22,27). The number of anilines is 1. The van der Waals surface area contributed by atoms with Crippen LogP contribution in [0.1, 0.15) is 32.2 Å². The second-order valence-corrected chi connectivity index (χ2v) is 8.40. The number of hydrogen-bond acceptors (Lipinski definition) is 6. The molecule has 3 aromatic heterocycles. The molecule has 1 unspecified atom stereocenters. The van der Waals surface area contributed by atoms with Crippen molar-refractivity contribution in [1.29, 1.82) is 0 Å². The maximum atomic E-state index is 12.6. The summed E-state index contributed by atoms with van der Waals surface area (Å²) in [5, 5.41) is 9.40. The minimum atomic E-state index is -0.261. The summed E-state index contributed by atoms with van der Waals surface area (Å²) in [6, 6.07) is 2.06. The van der Waals surface area contributed by atoms with Crippen LogP contribution in [0, 0.1) is 13.8 Å². The molecule has 1 atom stereocenters. The van der Waals surface area contributed by atoms with E-state index in [2.05, 4.69) is 26.1 Å². The Bertz CT molecular complexity index is 1060. The van der Waals surface area contributed by atoms with Gasteiger partial charge in [-0.25, -0.2) is 4.68 Å². The van der Waals surface area contributed by atoms with E-state index in [0.717, 1.165) is 11.4 Å². The minimum Gasteiger partial charge on any atom is -0.373 e. The van der Waals surface area contributed by atoms with Crippen LogP contribution >= 0.6 is 0 Å². The van der Waals surface area contributed by atoms with Crippen molar-refractivity contribution < 1.29 is 4.74 Å². The zero-order valence-corrected chi connectivity index (χ0v) is 17.1. The third kappa shape index (κ3) is 3.42. The fraction of sp³-hybridized carbons (Fsp3) is 0.579. The Balaban J connectivity index is 1.62. The molecule has 28 heavy (non-hydrogen) atoms. The van der Waals surface area contributed by atoms with E-state index in [9.17, 15) is 4.79 Å². The molecule has 0 aromatic carbocycles. The lowest BCUT2D eigenvalue weighted by Gasteiger charge is -2.33. The van der Waals surface area contributed by atoms with Crippen molar-refractivity contribution in [2.24, 2.45) is 0 Å². The van der Waals surface area contributed by atoms with E-state index in [1.165, 1.54) is 0 Å². The molecule has 9 heteroatoms. The first-order chi connectivity index (χ1) is 13.2. The number of ether oxygens (including phenoxy) is 1. The Kier molecular flexibility index (Phi) is 4.49. The van der Waals surface area contributed by atoms with Crippen LogP contribution < -0.4 is 10.5 Å². The minimum absolute atomic E-state index is 0.0275. The molecule has 0 aliphatic carbocycles. The molecule has 3 aromatic rings. The molecule has 4 rings (SSSR count). The van der Waals surface area contributed by atoms with E-state index < -0.39 is 0 Å². The second-order valence-electron chi connectivity index (χ2n) is 8.40. The lowest BCUT2D eigenvalue weighted by molar-refractivity contribution is 0.0265. The predicted molar refractivity (Wildman–Crippen MR) is 107 cm³/mol. The first kappa shape index (κ1) is 18.7. The summed E-state index contributed by atoms with van der Waals surface area (Å²) in [7, 11) is 0. The van der Waals surface area contributed by atoms with Gasteiger partial charge in [-0.15, -0.1) is 0 Å². The van der Waals surface area contributed by atoms with Gasteiger partial charge in [-0.3, -0.25) is 14.5 Å². The molecule has 1 saturated heterocycles. The van der Waals surface area contributed by atoms with Crippen LogP contribution in [0.5, 0.6) is 0 Å². The number of aryl methyl sites for hydroxylation is 2. The highest BCUT2D eigenvalue weighted by Crippen LogP contribution is 2.21. The Morgan fingerprint density at radius 2 is 2.11 bits per heavy atom. The largest absolute Gasteiger partial charge is 0.373 e. The van der Waals surface area contributed by atoms with Gasteiger partial charge >= 0.3 is 0 Å². The highest BCUT2D eigenvalue weighted by atomic mass is 16.5. The molecule has 1 aliphatic heterocycles. The summed E-state index contributed by atoms with van der Waals surface area (Å²) in [6.45, 7) is 12.7. The second kappa shape index (κ2) is 6.73. The molecule has 150 valence electrons. The SMILES string of the molecule is Cc1cc(C)n(CC2CN(c3nc4c(cnn4C(C)(C)C)c(=O)[nH]3)CCO2)n1. The van der Waals surface area contributed by atoms with Gasteiger partial charge in [0.15, 0.2) is 5.65 Å². The number of aromatic nitrogens is 6. The lowest BCUT2D eigenvalue weighted by Crippen LogP contribution is -2.45. The smallest absolute Gasteiger partial charge is 0.263 e. The molecule has 0 bridgehead atoms. The van der Waals surface area contributed by atoms with Gasteiger partial charge in [0.25, 0.3) is 5.56 Å². The molecule has 0 saturated carbocycles. The number of hydrogen-bond donors (Lipinski definition) is 1. The third-order valence-corrected chi connectivity index (χ3v) is 4.98. The Morgan fingerprint density at radius 3 is 2.79 bits per heavy atom. The fourth-order valence-corrected chi connectivity index (χ4v) is 3.62. The van der Waals surface area contributed by atoms with Gasteiger partial charge in [-0.2, -0.15) is 15.2 Å². The van der Waals surface area contributed by atoms with Crippen molar-refractivity contribution in [1.82, 2.24) is 29.5 Å². The summed E-state index contributed by atoms with van der Waals surface area (Å²) >= 11 is 0. The number of rotatable bonds is 3. The number of aromatic amines is 1. The quantitative estimate of drug-likeness (QED) is 0.736. The summed E-state index contributed by atoms with van der Waals surface area (Å²) in [5.74, 6) is 0.560. The molecule has 1 fully saturated rings. The van der Waals surface area contributed by atoms with Crippen molar-refractivity contribution in [3.63, 3.8) is 0 Å². The van der Waals surface area contributed by atoms with Gasteiger partial charge in [0, 0.05) is 18.8 Å². The number of nitrogens with one attached hydrogen (secondary N) is 1. The molecule has 0 spiro atoms. The molecule has 1 aliphatic rings. The Hall–Kier alpha value is -2.68. The van der Waals surface area contributed by atoms with Gasteiger partial charge in [0.05, 0.1) is 36.7 Å². The van der Waals surface area contributed by atoms with E-state index >= 15 is 0 Å². The van der Waals surface area contributed by atoms with Crippen LogP contribution in [0.15, 0.2) is 17.1 Å². The van der Waals surface area contributed by atoms with Gasteiger partial charge in [-0.1, -0.05) is 0 Å². The van der Waals surface area contributed by atoms with Crippen molar-refractivity contribution >= 4 is 17.0 Å². The van der Waals surface area contributed by atoms with Crippen LogP contribution in [-0.2, 0) is 16.8 Å². The molecule has 9 nitrogen and oxygen atoms in total. The molecular formula is C19H27N7O2. The first-order valence-electron chi connectivity index (χ1n) is 9.58. The van der Waals surface area contributed by atoms with E-state index in [-0.39, 0.29) is 17.2 Å². The van der Waals surface area contributed by atoms with Crippen molar-refractivity contribution in [3.8, 4) is 0 Å². The van der Waals surface area contributed by atoms with Gasteiger partial charge in [-0.05, 0) is 40.7 Å². The fourth-order valence-electron chi connectivity index (χ4n) is 3.62. The molecule has 0 radical (unpaired) electrons. The maximum absolute atomic E-state index is 12.6.